The summed E-state index contributed by atoms with van der Waals surface area (Å²) < 4.78 is 28.2. The molecule has 3 aromatic rings. The molecule has 0 radical (unpaired) electrons. The molecule has 2 amide bonds. The molecule has 0 spiro atoms. The van der Waals surface area contributed by atoms with Crippen molar-refractivity contribution < 1.29 is 23.2 Å². The van der Waals surface area contributed by atoms with Crippen LogP contribution in [-0.4, -0.2) is 56.4 Å². The molecule has 3 aromatic heterocycles. The molecular formula is C31H42FN6O4S+. The molecule has 0 aliphatic heterocycles. The first-order chi connectivity index (χ1) is 20.7. The van der Waals surface area contributed by atoms with Gasteiger partial charge in [0.1, 0.15) is 36.2 Å². The summed E-state index contributed by atoms with van der Waals surface area (Å²) in [5.41, 5.74) is 3.41. The molecular weight excluding hydrogens is 571 g/mol. The van der Waals surface area contributed by atoms with Crippen LogP contribution < -0.4 is 10.6 Å². The van der Waals surface area contributed by atoms with Gasteiger partial charge in [0.15, 0.2) is 0 Å². The fraction of sp³-hybridized carbons (Fsp3) is 0.581. The number of ether oxygens (including phenoxy) is 1. The summed E-state index contributed by atoms with van der Waals surface area (Å²) in [6.07, 6.45) is 8.16. The third-order valence-corrected chi connectivity index (χ3v) is 8.92. The molecule has 2 aliphatic carbocycles. The Morgan fingerprint density at radius 1 is 1.21 bits per heavy atom. The number of hydrogen-bond donors (Lipinski definition) is 2. The van der Waals surface area contributed by atoms with Crippen LogP contribution in [0.3, 0.4) is 0 Å². The van der Waals surface area contributed by atoms with Gasteiger partial charge >= 0.3 is 0 Å². The third-order valence-electron chi connectivity index (χ3n) is 8.29. The van der Waals surface area contributed by atoms with Crippen molar-refractivity contribution in [2.24, 2.45) is 17.8 Å². The molecule has 0 saturated heterocycles. The van der Waals surface area contributed by atoms with E-state index in [1.807, 2.05) is 27.7 Å². The number of hydrogen-bond acceptors (Lipinski definition) is 7. The van der Waals surface area contributed by atoms with Gasteiger partial charge < -0.3 is 19.9 Å². The Morgan fingerprint density at radius 2 is 1.93 bits per heavy atom. The second-order valence-electron chi connectivity index (χ2n) is 11.8. The Kier molecular flexibility index (Phi) is 9.85. The molecule has 0 unspecified atom stereocenters. The molecule has 5 rings (SSSR count). The van der Waals surface area contributed by atoms with Gasteiger partial charge in [-0.1, -0.05) is 25.9 Å². The van der Waals surface area contributed by atoms with E-state index in [2.05, 4.69) is 32.1 Å². The quantitative estimate of drug-likeness (QED) is 0.111. The summed E-state index contributed by atoms with van der Waals surface area (Å²) in [5, 5.41) is 14.4. The summed E-state index contributed by atoms with van der Waals surface area (Å²) in [5.74, 6) is 0.270. The molecule has 0 aromatic carbocycles. The molecule has 2 saturated carbocycles. The van der Waals surface area contributed by atoms with Gasteiger partial charge in [-0.05, 0) is 86.6 Å². The van der Waals surface area contributed by atoms with Crippen LogP contribution in [0.1, 0.15) is 79.8 Å². The first kappa shape index (κ1) is 31.2. The molecule has 43 heavy (non-hydrogen) atoms. The van der Waals surface area contributed by atoms with Crippen molar-refractivity contribution in [3.05, 3.63) is 47.0 Å². The van der Waals surface area contributed by atoms with Crippen molar-refractivity contribution in [1.82, 2.24) is 25.2 Å². The maximum Gasteiger partial charge on any atom is 0.257 e. The minimum Gasteiger partial charge on any atom is -0.364 e. The van der Waals surface area contributed by atoms with E-state index in [9.17, 15) is 9.59 Å². The normalized spacial score (nSPS) is 15.7. The van der Waals surface area contributed by atoms with E-state index in [-0.39, 0.29) is 17.7 Å². The highest BCUT2D eigenvalue weighted by atomic mass is 32.2. The number of carbonyl (C=O) groups excluding carboxylic acids is 2. The van der Waals surface area contributed by atoms with Crippen LogP contribution in [0.5, 0.6) is 0 Å². The number of aromatic nitrogens is 4. The zero-order valence-electron chi connectivity index (χ0n) is 25.5. The van der Waals surface area contributed by atoms with Gasteiger partial charge in [-0.3, -0.25) is 9.59 Å². The van der Waals surface area contributed by atoms with E-state index in [1.54, 1.807) is 16.8 Å². The predicted molar refractivity (Wildman–Crippen MR) is 164 cm³/mol. The van der Waals surface area contributed by atoms with E-state index in [1.165, 1.54) is 18.0 Å². The van der Waals surface area contributed by atoms with Crippen molar-refractivity contribution in [2.45, 2.75) is 78.5 Å². The number of nitrogens with zero attached hydrogens (tertiary/aromatic N) is 4. The SMILES string of the molecule is CCc1c(-c2ccc(NC(=O)[C@@H](NC(=O)c3conc3C(C)C)C(C3CC3)C3CC3)nc2F)c(C)nn1COCC[SH+]C. The number of amides is 2. The zero-order chi connectivity index (χ0) is 30.7. The zero-order valence-corrected chi connectivity index (χ0v) is 26.4. The molecule has 232 valence electrons. The molecule has 0 bridgehead atoms. The first-order valence-corrected chi connectivity index (χ1v) is 16.7. The molecule has 12 heteroatoms. The molecule has 2 N–H and O–H groups in total. The topological polar surface area (TPSA) is 124 Å². The highest BCUT2D eigenvalue weighted by Gasteiger charge is 2.48. The van der Waals surface area contributed by atoms with Gasteiger partial charge in [-0.2, -0.15) is 9.49 Å². The maximum atomic E-state index is 15.6. The average Bonchev–Trinajstić information content (AvgIpc) is 3.91. The van der Waals surface area contributed by atoms with Gasteiger partial charge in [0.05, 0.1) is 24.3 Å². The van der Waals surface area contributed by atoms with Gasteiger partial charge in [0, 0.05) is 16.8 Å². The van der Waals surface area contributed by atoms with Crippen LogP contribution in [-0.2, 0) is 34.4 Å². The monoisotopic (exact) mass is 613 g/mol. The summed E-state index contributed by atoms with van der Waals surface area (Å²) in [7, 11) is 0. The third kappa shape index (κ3) is 7.12. The van der Waals surface area contributed by atoms with Crippen LogP contribution in [0, 0.1) is 30.6 Å². The second kappa shape index (κ2) is 13.6. The number of nitrogens with one attached hydrogen (secondary N) is 2. The van der Waals surface area contributed by atoms with Crippen LogP contribution >= 0.6 is 0 Å². The Morgan fingerprint density at radius 3 is 2.53 bits per heavy atom. The first-order valence-electron chi connectivity index (χ1n) is 15.2. The van der Waals surface area contributed by atoms with Gasteiger partial charge in [-0.15, -0.1) is 0 Å². The fourth-order valence-electron chi connectivity index (χ4n) is 5.93. The molecule has 2 aliphatic rings. The lowest BCUT2D eigenvalue weighted by Crippen LogP contribution is -2.50. The highest BCUT2D eigenvalue weighted by Crippen LogP contribution is 2.51. The Hall–Kier alpha value is -3.25. The number of rotatable bonds is 15. The van der Waals surface area contributed by atoms with E-state index >= 15 is 4.39 Å². The lowest BCUT2D eigenvalue weighted by Gasteiger charge is -2.27. The standard InChI is InChI=1S/C31H41FN6O4S/c1-6-23-25(18(4)36-38(23)16-41-13-14-43-5)21-11-12-24(33-29(21)32)34-31(40)28(26(19-7-8-19)20-9-10-20)35-30(39)22-15-42-37-27(22)17(2)3/h11-12,15,17,19-20,26,28H,6-10,13-14,16H2,1-5H3,(H,35,39)(H,33,34,40)/p+1/t28-/m0/s1. The lowest BCUT2D eigenvalue weighted by atomic mass is 9.88. The Labute approximate surface area is 255 Å². The van der Waals surface area contributed by atoms with Gasteiger partial charge in [0.2, 0.25) is 11.9 Å². The molecule has 2 fully saturated rings. The van der Waals surface area contributed by atoms with E-state index in [0.717, 1.165) is 37.1 Å². The van der Waals surface area contributed by atoms with Crippen molar-refractivity contribution in [3.63, 3.8) is 0 Å². The minimum atomic E-state index is -0.786. The summed E-state index contributed by atoms with van der Waals surface area (Å²) in [4.78, 5) is 31.2. The van der Waals surface area contributed by atoms with E-state index in [0.29, 0.717) is 59.7 Å². The summed E-state index contributed by atoms with van der Waals surface area (Å²) in [6.45, 7) is 8.62. The smallest absolute Gasteiger partial charge is 0.257 e. The van der Waals surface area contributed by atoms with Crippen LogP contribution in [0.25, 0.3) is 11.1 Å². The average molecular weight is 614 g/mol. The van der Waals surface area contributed by atoms with E-state index < -0.39 is 23.8 Å². The summed E-state index contributed by atoms with van der Waals surface area (Å²) >= 11 is 1.26. The Balaban J connectivity index is 1.36. The van der Waals surface area contributed by atoms with Crippen molar-refractivity contribution >= 4 is 29.4 Å². The number of aryl methyl sites for hydroxylation is 1. The predicted octanol–water partition coefficient (Wildman–Crippen LogP) is 4.66. The van der Waals surface area contributed by atoms with E-state index in [4.69, 9.17) is 9.26 Å². The van der Waals surface area contributed by atoms with Gasteiger partial charge in [0.25, 0.3) is 5.91 Å². The van der Waals surface area contributed by atoms with Crippen molar-refractivity contribution in [2.75, 3.05) is 23.9 Å². The Bertz CT molecular complexity index is 1440. The molecule has 10 nitrogen and oxygen atoms in total. The molecule has 1 atom stereocenters. The largest absolute Gasteiger partial charge is 0.364 e. The second-order valence-corrected chi connectivity index (χ2v) is 12.9. The number of thiol groups is 1. The van der Waals surface area contributed by atoms with Crippen molar-refractivity contribution in [3.8, 4) is 11.1 Å². The number of anilines is 1. The molecule has 3 heterocycles. The minimum absolute atomic E-state index is 0.00936. The van der Waals surface area contributed by atoms with Crippen LogP contribution in [0.4, 0.5) is 10.2 Å². The fourth-order valence-corrected chi connectivity index (χ4v) is 6.24. The maximum absolute atomic E-state index is 15.6. The van der Waals surface area contributed by atoms with Crippen LogP contribution in [0.2, 0.25) is 0 Å². The van der Waals surface area contributed by atoms with Gasteiger partial charge in [-0.25, -0.2) is 9.67 Å². The lowest BCUT2D eigenvalue weighted by molar-refractivity contribution is -0.119. The highest BCUT2D eigenvalue weighted by molar-refractivity contribution is 7.77. The number of pyridine rings is 1. The summed E-state index contributed by atoms with van der Waals surface area (Å²) in [6, 6.07) is 2.44. The number of halogens is 1. The van der Waals surface area contributed by atoms with Crippen LogP contribution in [0.15, 0.2) is 22.9 Å². The number of carbonyl (C=O) groups is 2. The van der Waals surface area contributed by atoms with Crippen molar-refractivity contribution in [1.29, 1.82) is 0 Å².